The highest BCUT2D eigenvalue weighted by atomic mass is 28.4. The summed E-state index contributed by atoms with van der Waals surface area (Å²) in [6.45, 7) is 9.39. The van der Waals surface area contributed by atoms with Crippen LogP contribution in [0, 0.1) is 0 Å². The molecule has 0 unspecified atom stereocenters. The molecule has 3 heteroatoms. The van der Waals surface area contributed by atoms with Gasteiger partial charge in [-0.05, 0) is 36.3 Å². The average molecular weight is 403 g/mol. The van der Waals surface area contributed by atoms with Crippen molar-refractivity contribution in [3.05, 3.63) is 108 Å². The second-order valence-electron chi connectivity index (χ2n) is 8.23. The molecule has 0 saturated carbocycles. The first-order chi connectivity index (χ1) is 13.4. The van der Waals surface area contributed by atoms with Crippen molar-refractivity contribution in [2.24, 2.45) is 0 Å². The van der Waals surface area contributed by atoms with E-state index in [-0.39, 0.29) is 0 Å². The molecule has 0 aliphatic heterocycles. The van der Waals surface area contributed by atoms with Crippen LogP contribution in [0.4, 0.5) is 0 Å². The number of hydrogen-bond acceptors (Lipinski definition) is 1. The Balaban J connectivity index is 1.97. The molecule has 0 fully saturated rings. The lowest BCUT2D eigenvalue weighted by atomic mass is 10.2. The van der Waals surface area contributed by atoms with Gasteiger partial charge in [-0.1, -0.05) is 109 Å². The predicted molar refractivity (Wildman–Crippen MR) is 126 cm³/mol. The topological polar surface area (TPSA) is 9.23 Å². The van der Waals surface area contributed by atoms with Gasteiger partial charge in [0, 0.05) is 0 Å². The SMILES string of the molecule is C[Si](C)(O/C(=C\Cc1ccccc1)[Si](C)(C)c1ccccc1)c1ccccc1. The van der Waals surface area contributed by atoms with Gasteiger partial charge in [-0.25, -0.2) is 0 Å². The summed E-state index contributed by atoms with van der Waals surface area (Å²) in [7, 11) is -3.99. The zero-order valence-electron chi connectivity index (χ0n) is 17.4. The monoisotopic (exact) mass is 402 g/mol. The molecule has 0 amide bonds. The van der Waals surface area contributed by atoms with Crippen molar-refractivity contribution in [2.75, 3.05) is 0 Å². The Labute approximate surface area is 171 Å². The van der Waals surface area contributed by atoms with E-state index in [0.717, 1.165) is 6.42 Å². The van der Waals surface area contributed by atoms with Crippen LogP contribution in [0.2, 0.25) is 26.2 Å². The van der Waals surface area contributed by atoms with Crippen LogP contribution in [0.25, 0.3) is 0 Å². The molecule has 0 N–H and O–H groups in total. The minimum Gasteiger partial charge on any atom is -0.547 e. The van der Waals surface area contributed by atoms with Crippen molar-refractivity contribution >= 4 is 26.8 Å². The molecule has 0 heterocycles. The fourth-order valence-electron chi connectivity index (χ4n) is 3.42. The van der Waals surface area contributed by atoms with E-state index >= 15 is 0 Å². The summed E-state index contributed by atoms with van der Waals surface area (Å²) in [5.74, 6) is 0. The molecular weight excluding hydrogens is 372 g/mol. The summed E-state index contributed by atoms with van der Waals surface area (Å²) in [5, 5.41) is 3.94. The van der Waals surface area contributed by atoms with E-state index in [4.69, 9.17) is 4.43 Å². The summed E-state index contributed by atoms with van der Waals surface area (Å²) < 4.78 is 6.93. The molecule has 0 atom stereocenters. The van der Waals surface area contributed by atoms with Crippen LogP contribution in [-0.2, 0) is 10.8 Å². The van der Waals surface area contributed by atoms with Gasteiger partial charge in [-0.2, -0.15) is 0 Å². The van der Waals surface area contributed by atoms with Crippen LogP contribution in [0.3, 0.4) is 0 Å². The van der Waals surface area contributed by atoms with Gasteiger partial charge in [-0.15, -0.1) is 0 Å². The highest BCUT2D eigenvalue weighted by molar-refractivity contribution is 6.96. The Hall–Kier alpha value is -2.37. The number of allylic oxidation sites excluding steroid dienone is 1. The Morgan fingerprint density at radius 2 is 1.14 bits per heavy atom. The van der Waals surface area contributed by atoms with Crippen molar-refractivity contribution in [2.45, 2.75) is 32.6 Å². The molecule has 144 valence electrons. The normalized spacial score (nSPS) is 12.6. The summed E-state index contributed by atoms with van der Waals surface area (Å²) >= 11 is 0. The van der Waals surface area contributed by atoms with E-state index in [2.05, 4.69) is 123 Å². The third-order valence-electron chi connectivity index (χ3n) is 5.31. The van der Waals surface area contributed by atoms with Gasteiger partial charge in [0.1, 0.15) is 0 Å². The lowest BCUT2D eigenvalue weighted by molar-refractivity contribution is 0.457. The highest BCUT2D eigenvalue weighted by Crippen LogP contribution is 2.22. The zero-order valence-corrected chi connectivity index (χ0v) is 19.4. The maximum Gasteiger partial charge on any atom is 0.275 e. The van der Waals surface area contributed by atoms with Gasteiger partial charge < -0.3 is 4.43 Å². The Kier molecular flexibility index (Phi) is 6.37. The molecule has 0 spiro atoms. The van der Waals surface area contributed by atoms with Crippen molar-refractivity contribution in [1.29, 1.82) is 0 Å². The minimum absolute atomic E-state index is 0.901. The molecule has 0 aromatic heterocycles. The number of hydrogen-bond donors (Lipinski definition) is 0. The van der Waals surface area contributed by atoms with Crippen molar-refractivity contribution in [3.8, 4) is 0 Å². The van der Waals surface area contributed by atoms with Crippen molar-refractivity contribution in [1.82, 2.24) is 0 Å². The maximum absolute atomic E-state index is 6.93. The van der Waals surface area contributed by atoms with Crippen LogP contribution in [0.15, 0.2) is 102 Å². The summed E-state index contributed by atoms with van der Waals surface area (Å²) in [6, 6.07) is 32.2. The Morgan fingerprint density at radius 1 is 0.679 bits per heavy atom. The van der Waals surface area contributed by atoms with Gasteiger partial charge in [0.05, 0.1) is 5.38 Å². The smallest absolute Gasteiger partial charge is 0.275 e. The third-order valence-corrected chi connectivity index (χ3v) is 11.3. The quantitative estimate of drug-likeness (QED) is 0.380. The maximum atomic E-state index is 6.93. The van der Waals surface area contributed by atoms with E-state index in [1.54, 1.807) is 0 Å². The molecule has 3 aromatic rings. The molecule has 28 heavy (non-hydrogen) atoms. The van der Waals surface area contributed by atoms with Crippen molar-refractivity contribution < 1.29 is 4.43 Å². The molecule has 0 aliphatic rings. The Morgan fingerprint density at radius 3 is 1.68 bits per heavy atom. The van der Waals surface area contributed by atoms with Gasteiger partial charge in [-0.3, -0.25) is 0 Å². The summed E-state index contributed by atoms with van der Waals surface area (Å²) in [6.07, 6.45) is 3.24. The average Bonchev–Trinajstić information content (AvgIpc) is 2.73. The van der Waals surface area contributed by atoms with Gasteiger partial charge >= 0.3 is 0 Å². The molecule has 1 nitrogen and oxygen atoms in total. The lowest BCUT2D eigenvalue weighted by Crippen LogP contribution is -2.51. The lowest BCUT2D eigenvalue weighted by Gasteiger charge is -2.34. The second kappa shape index (κ2) is 8.76. The first kappa shape index (κ1) is 20.4. The summed E-state index contributed by atoms with van der Waals surface area (Å²) in [5.41, 5.74) is 1.32. The predicted octanol–water partition coefficient (Wildman–Crippen LogP) is 5.40. The zero-order chi connectivity index (χ0) is 20.0. The standard InChI is InChI=1S/C25H30OSi2/c1-27(2,23-16-10-6-11-17-23)25(21-20-22-14-8-5-9-15-22)26-28(3,4)24-18-12-7-13-19-24/h5-19,21H,20H2,1-4H3/b25-21+. The van der Waals surface area contributed by atoms with Crippen molar-refractivity contribution in [3.63, 3.8) is 0 Å². The first-order valence-corrected chi connectivity index (χ1v) is 15.8. The fourth-order valence-corrected chi connectivity index (χ4v) is 8.87. The summed E-state index contributed by atoms with van der Waals surface area (Å²) in [4.78, 5) is 0. The third kappa shape index (κ3) is 4.91. The van der Waals surface area contributed by atoms with Gasteiger partial charge in [0.15, 0.2) is 8.07 Å². The second-order valence-corrected chi connectivity index (χ2v) is 16.3. The molecule has 0 bridgehead atoms. The molecule has 0 aliphatic carbocycles. The largest absolute Gasteiger partial charge is 0.547 e. The van der Waals surface area contributed by atoms with Crippen LogP contribution < -0.4 is 10.4 Å². The van der Waals surface area contributed by atoms with E-state index in [9.17, 15) is 0 Å². The minimum atomic E-state index is -2.06. The molecule has 0 radical (unpaired) electrons. The Bertz CT molecular complexity index is 901. The number of rotatable bonds is 7. The molecule has 3 aromatic carbocycles. The first-order valence-electron chi connectivity index (χ1n) is 9.94. The van der Waals surface area contributed by atoms with Crippen LogP contribution in [-0.4, -0.2) is 16.4 Å². The van der Waals surface area contributed by atoms with Gasteiger partial charge in [0.25, 0.3) is 8.32 Å². The molecular formula is C25H30OSi2. The van der Waals surface area contributed by atoms with Gasteiger partial charge in [0.2, 0.25) is 0 Å². The molecule has 3 rings (SSSR count). The van der Waals surface area contributed by atoms with E-state index in [1.165, 1.54) is 21.3 Å². The highest BCUT2D eigenvalue weighted by Gasteiger charge is 2.36. The van der Waals surface area contributed by atoms with E-state index < -0.39 is 16.4 Å². The fraction of sp³-hybridized carbons (Fsp3) is 0.200. The van der Waals surface area contributed by atoms with E-state index in [0.29, 0.717) is 0 Å². The van der Waals surface area contributed by atoms with Crippen LogP contribution >= 0.6 is 0 Å². The van der Waals surface area contributed by atoms with Crippen LogP contribution in [0.1, 0.15) is 5.56 Å². The van der Waals surface area contributed by atoms with Crippen LogP contribution in [0.5, 0.6) is 0 Å². The number of benzene rings is 3. The van der Waals surface area contributed by atoms with E-state index in [1.807, 2.05) is 0 Å². The molecule has 0 saturated heterocycles.